The Morgan fingerprint density at radius 2 is 1.62 bits per heavy atom. The number of ether oxygens (including phenoxy) is 1. The molecule has 1 heterocycles. The SMILES string of the molecule is Cc1ccc(C(C)C)c(OC(=O)c2cc(-c3ccc(Cl)cc3)nc3c(C)cc(C)cc23)c1. The number of pyridine rings is 1. The van der Waals surface area contributed by atoms with E-state index in [1.165, 1.54) is 0 Å². The molecular formula is C28H26ClNO2. The zero-order chi connectivity index (χ0) is 23.0. The van der Waals surface area contributed by atoms with Gasteiger partial charge in [-0.25, -0.2) is 9.78 Å². The van der Waals surface area contributed by atoms with Crippen molar-refractivity contribution < 1.29 is 9.53 Å². The molecule has 4 rings (SSSR count). The summed E-state index contributed by atoms with van der Waals surface area (Å²) in [5.74, 6) is 0.458. The van der Waals surface area contributed by atoms with Crippen LogP contribution in [-0.2, 0) is 0 Å². The third-order valence-electron chi connectivity index (χ3n) is 5.60. The van der Waals surface area contributed by atoms with Gasteiger partial charge in [0, 0.05) is 16.0 Å². The fourth-order valence-electron chi connectivity index (χ4n) is 3.98. The highest BCUT2D eigenvalue weighted by atomic mass is 35.5. The standard InChI is InChI=1S/C28H26ClNO2/c1-16(2)22-11-6-17(3)14-26(22)32-28(31)24-15-25(20-7-9-21(29)10-8-20)30-27-19(5)12-18(4)13-23(24)27/h6-16H,1-5H3. The van der Waals surface area contributed by atoms with Crippen molar-refractivity contribution in [2.24, 2.45) is 0 Å². The van der Waals surface area contributed by atoms with Crippen molar-refractivity contribution in [3.05, 3.63) is 93.5 Å². The molecule has 0 saturated heterocycles. The lowest BCUT2D eigenvalue weighted by Gasteiger charge is -2.16. The Kier molecular flexibility index (Phi) is 6.03. The molecular weight excluding hydrogens is 418 g/mol. The van der Waals surface area contributed by atoms with Crippen molar-refractivity contribution in [2.45, 2.75) is 40.5 Å². The van der Waals surface area contributed by atoms with Gasteiger partial charge >= 0.3 is 5.97 Å². The topological polar surface area (TPSA) is 39.2 Å². The minimum atomic E-state index is -0.384. The maximum atomic E-state index is 13.5. The summed E-state index contributed by atoms with van der Waals surface area (Å²) in [4.78, 5) is 18.4. The van der Waals surface area contributed by atoms with Gasteiger partial charge in [0.05, 0.1) is 16.8 Å². The van der Waals surface area contributed by atoms with Crippen LogP contribution in [0.15, 0.2) is 60.7 Å². The molecule has 0 bridgehead atoms. The van der Waals surface area contributed by atoms with Crippen LogP contribution in [0.1, 0.15) is 52.4 Å². The zero-order valence-corrected chi connectivity index (χ0v) is 19.7. The molecule has 3 aromatic carbocycles. The molecule has 162 valence electrons. The van der Waals surface area contributed by atoms with Gasteiger partial charge in [-0.05, 0) is 73.7 Å². The number of halogens is 1. The third-order valence-corrected chi connectivity index (χ3v) is 5.85. The average molecular weight is 444 g/mol. The molecule has 0 N–H and O–H groups in total. The van der Waals surface area contributed by atoms with E-state index in [4.69, 9.17) is 21.3 Å². The average Bonchev–Trinajstić information content (AvgIpc) is 2.73. The van der Waals surface area contributed by atoms with Gasteiger partial charge in [-0.3, -0.25) is 0 Å². The van der Waals surface area contributed by atoms with Crippen molar-refractivity contribution in [2.75, 3.05) is 0 Å². The largest absolute Gasteiger partial charge is 0.423 e. The Bertz CT molecular complexity index is 1320. The van der Waals surface area contributed by atoms with Crippen molar-refractivity contribution in [1.29, 1.82) is 0 Å². The fourth-order valence-corrected chi connectivity index (χ4v) is 4.11. The molecule has 1 aromatic heterocycles. The number of fused-ring (bicyclic) bond motifs is 1. The number of hydrogen-bond donors (Lipinski definition) is 0. The second-order valence-electron chi connectivity index (χ2n) is 8.63. The van der Waals surface area contributed by atoms with E-state index in [0.29, 0.717) is 22.0 Å². The Morgan fingerprint density at radius 3 is 2.31 bits per heavy atom. The molecule has 0 aliphatic carbocycles. The highest BCUT2D eigenvalue weighted by molar-refractivity contribution is 6.30. The number of benzene rings is 3. The molecule has 0 aliphatic heterocycles. The molecule has 0 unspecified atom stereocenters. The predicted octanol–water partition coefficient (Wildman–Crippen LogP) is 7.82. The number of carbonyl (C=O) groups excluding carboxylic acids is 1. The van der Waals surface area contributed by atoms with Crippen molar-refractivity contribution in [1.82, 2.24) is 4.98 Å². The van der Waals surface area contributed by atoms with E-state index in [0.717, 1.165) is 38.7 Å². The van der Waals surface area contributed by atoms with Crippen LogP contribution in [0.25, 0.3) is 22.2 Å². The number of nitrogens with zero attached hydrogens (tertiary/aromatic N) is 1. The van der Waals surface area contributed by atoms with Crippen LogP contribution in [0.5, 0.6) is 5.75 Å². The van der Waals surface area contributed by atoms with E-state index in [-0.39, 0.29) is 11.9 Å². The van der Waals surface area contributed by atoms with Crippen LogP contribution in [0.4, 0.5) is 0 Å². The van der Waals surface area contributed by atoms with Gasteiger partial charge in [-0.1, -0.05) is 61.3 Å². The molecule has 0 amide bonds. The number of carbonyl (C=O) groups is 1. The van der Waals surface area contributed by atoms with Gasteiger partial charge in [0.25, 0.3) is 0 Å². The van der Waals surface area contributed by atoms with Gasteiger partial charge in [0.1, 0.15) is 5.75 Å². The highest BCUT2D eigenvalue weighted by Crippen LogP contribution is 2.32. The number of esters is 1. The van der Waals surface area contributed by atoms with Crippen molar-refractivity contribution in [3.63, 3.8) is 0 Å². The Morgan fingerprint density at radius 1 is 0.906 bits per heavy atom. The van der Waals surface area contributed by atoms with Crippen LogP contribution in [0, 0.1) is 20.8 Å². The van der Waals surface area contributed by atoms with Gasteiger partial charge in [-0.2, -0.15) is 0 Å². The summed E-state index contributed by atoms with van der Waals surface area (Å²) in [6.45, 7) is 10.2. The van der Waals surface area contributed by atoms with E-state index in [1.54, 1.807) is 0 Å². The fraction of sp³-hybridized carbons (Fsp3) is 0.214. The minimum absolute atomic E-state index is 0.238. The number of aryl methyl sites for hydroxylation is 3. The second-order valence-corrected chi connectivity index (χ2v) is 9.06. The summed E-state index contributed by atoms with van der Waals surface area (Å²) in [5, 5.41) is 1.45. The quantitative estimate of drug-likeness (QED) is 0.238. The monoisotopic (exact) mass is 443 g/mol. The summed E-state index contributed by atoms with van der Waals surface area (Å²) in [5.41, 5.74) is 7.04. The lowest BCUT2D eigenvalue weighted by Crippen LogP contribution is -2.12. The van der Waals surface area contributed by atoms with Crippen molar-refractivity contribution in [3.8, 4) is 17.0 Å². The van der Waals surface area contributed by atoms with Crippen LogP contribution in [-0.4, -0.2) is 11.0 Å². The zero-order valence-electron chi connectivity index (χ0n) is 19.0. The third kappa shape index (κ3) is 4.39. The van der Waals surface area contributed by atoms with Crippen molar-refractivity contribution >= 4 is 28.5 Å². The smallest absolute Gasteiger partial charge is 0.344 e. The lowest BCUT2D eigenvalue weighted by atomic mass is 9.99. The van der Waals surface area contributed by atoms with E-state index < -0.39 is 0 Å². The van der Waals surface area contributed by atoms with Gasteiger partial charge in [0.15, 0.2) is 0 Å². The van der Waals surface area contributed by atoms with E-state index in [1.807, 2.05) is 75.4 Å². The first-order valence-electron chi connectivity index (χ1n) is 10.7. The molecule has 0 saturated carbocycles. The highest BCUT2D eigenvalue weighted by Gasteiger charge is 2.19. The van der Waals surface area contributed by atoms with E-state index in [2.05, 4.69) is 19.9 Å². The van der Waals surface area contributed by atoms with Crippen LogP contribution in [0.2, 0.25) is 5.02 Å². The first-order valence-corrected chi connectivity index (χ1v) is 11.1. The summed E-state index contributed by atoms with van der Waals surface area (Å²) in [6, 6.07) is 19.4. The maximum absolute atomic E-state index is 13.5. The van der Waals surface area contributed by atoms with Crippen LogP contribution < -0.4 is 4.74 Å². The molecule has 4 heteroatoms. The summed E-state index contributed by atoms with van der Waals surface area (Å²) in [7, 11) is 0. The first-order chi connectivity index (χ1) is 15.2. The lowest BCUT2D eigenvalue weighted by molar-refractivity contribution is 0.0735. The number of aromatic nitrogens is 1. The van der Waals surface area contributed by atoms with Crippen LogP contribution in [0.3, 0.4) is 0 Å². The van der Waals surface area contributed by atoms with Gasteiger partial charge in [-0.15, -0.1) is 0 Å². The summed E-state index contributed by atoms with van der Waals surface area (Å²) in [6.07, 6.45) is 0. The minimum Gasteiger partial charge on any atom is -0.423 e. The van der Waals surface area contributed by atoms with E-state index in [9.17, 15) is 4.79 Å². The molecule has 0 aliphatic rings. The van der Waals surface area contributed by atoms with Crippen LogP contribution >= 0.6 is 11.6 Å². The predicted molar refractivity (Wildman–Crippen MR) is 132 cm³/mol. The molecule has 3 nitrogen and oxygen atoms in total. The summed E-state index contributed by atoms with van der Waals surface area (Å²) >= 11 is 6.07. The first kappa shape index (κ1) is 22.0. The Balaban J connectivity index is 1.88. The molecule has 0 spiro atoms. The van der Waals surface area contributed by atoms with E-state index >= 15 is 0 Å². The maximum Gasteiger partial charge on any atom is 0.344 e. The Labute approximate surface area is 194 Å². The molecule has 4 aromatic rings. The van der Waals surface area contributed by atoms with Gasteiger partial charge in [0.2, 0.25) is 0 Å². The number of hydrogen-bond acceptors (Lipinski definition) is 3. The Hall–Kier alpha value is -3.17. The summed E-state index contributed by atoms with van der Waals surface area (Å²) < 4.78 is 5.98. The molecule has 32 heavy (non-hydrogen) atoms. The number of rotatable bonds is 4. The molecule has 0 fully saturated rings. The van der Waals surface area contributed by atoms with Gasteiger partial charge < -0.3 is 4.74 Å². The molecule has 0 radical (unpaired) electrons. The normalized spacial score (nSPS) is 11.2. The second kappa shape index (κ2) is 8.76. The molecule has 0 atom stereocenters.